The molecule has 1 saturated carbocycles. The van der Waals surface area contributed by atoms with Crippen LogP contribution in [0.25, 0.3) is 0 Å². The summed E-state index contributed by atoms with van der Waals surface area (Å²) in [6.07, 6.45) is 3.43. The number of nitrogens with one attached hydrogen (secondary N) is 1. The Morgan fingerprint density at radius 1 is 1.30 bits per heavy atom. The number of carbonyl (C=O) groups excluding carboxylic acids is 1. The fourth-order valence-electron chi connectivity index (χ4n) is 2.34. The molecule has 0 unspecified atom stereocenters. The van der Waals surface area contributed by atoms with E-state index in [-0.39, 0.29) is 18.1 Å². The van der Waals surface area contributed by atoms with Crippen molar-refractivity contribution in [1.82, 2.24) is 5.32 Å². The van der Waals surface area contributed by atoms with Crippen LogP contribution in [-0.4, -0.2) is 29.8 Å². The fraction of sp³-hybridized carbons (Fsp3) is 0.533. The van der Waals surface area contributed by atoms with Crippen LogP contribution in [0.15, 0.2) is 28.7 Å². The van der Waals surface area contributed by atoms with Gasteiger partial charge < -0.3 is 15.2 Å². The van der Waals surface area contributed by atoms with Crippen LogP contribution in [-0.2, 0) is 4.79 Å². The molecule has 0 aromatic heterocycles. The molecule has 4 nitrogen and oxygen atoms in total. The number of aliphatic hydroxyl groups is 1. The second-order valence-corrected chi connectivity index (χ2v) is 5.96. The summed E-state index contributed by atoms with van der Waals surface area (Å²) in [4.78, 5) is 11.8. The second kappa shape index (κ2) is 7.64. The van der Waals surface area contributed by atoms with Gasteiger partial charge in [0, 0.05) is 6.04 Å². The number of benzene rings is 1. The predicted molar refractivity (Wildman–Crippen MR) is 80.7 cm³/mol. The minimum absolute atomic E-state index is 0.0124. The van der Waals surface area contributed by atoms with Crippen LogP contribution in [0.5, 0.6) is 5.75 Å². The van der Waals surface area contributed by atoms with E-state index in [0.29, 0.717) is 13.0 Å². The first-order chi connectivity index (χ1) is 9.65. The smallest absolute Gasteiger partial charge is 0.223 e. The zero-order valence-electron chi connectivity index (χ0n) is 11.3. The maximum absolute atomic E-state index is 11.8. The van der Waals surface area contributed by atoms with Gasteiger partial charge in [-0.3, -0.25) is 4.79 Å². The third-order valence-electron chi connectivity index (χ3n) is 3.49. The molecule has 1 amide bonds. The molecule has 1 aliphatic carbocycles. The lowest BCUT2D eigenvalue weighted by Gasteiger charge is -2.26. The van der Waals surface area contributed by atoms with Crippen molar-refractivity contribution in [2.45, 2.75) is 44.2 Å². The van der Waals surface area contributed by atoms with Gasteiger partial charge >= 0.3 is 0 Å². The number of aliphatic hydroxyl groups excluding tert-OH is 1. The molecule has 0 bridgehead atoms. The van der Waals surface area contributed by atoms with Crippen LogP contribution in [0, 0.1) is 0 Å². The average molecular weight is 342 g/mol. The summed E-state index contributed by atoms with van der Waals surface area (Å²) in [7, 11) is 0. The largest absolute Gasteiger partial charge is 0.492 e. The third-order valence-corrected chi connectivity index (χ3v) is 4.14. The SMILES string of the molecule is O=C(CCOc1ccccc1Br)NC1CCC(O)CC1. The normalized spacial score (nSPS) is 22.3. The Hall–Kier alpha value is -1.07. The van der Waals surface area contributed by atoms with Crippen molar-refractivity contribution in [3.05, 3.63) is 28.7 Å². The van der Waals surface area contributed by atoms with Gasteiger partial charge in [0.25, 0.3) is 0 Å². The predicted octanol–water partition coefficient (Wildman–Crippen LogP) is 2.64. The zero-order valence-corrected chi connectivity index (χ0v) is 12.9. The lowest BCUT2D eigenvalue weighted by atomic mass is 9.93. The Bertz CT molecular complexity index is 444. The van der Waals surface area contributed by atoms with Crippen LogP contribution >= 0.6 is 15.9 Å². The maximum atomic E-state index is 11.8. The minimum Gasteiger partial charge on any atom is -0.492 e. The van der Waals surface area contributed by atoms with E-state index in [1.807, 2.05) is 24.3 Å². The molecule has 1 aliphatic rings. The summed E-state index contributed by atoms with van der Waals surface area (Å²) in [6.45, 7) is 0.365. The maximum Gasteiger partial charge on any atom is 0.223 e. The number of ether oxygens (including phenoxy) is 1. The molecule has 2 rings (SSSR count). The van der Waals surface area contributed by atoms with Crippen LogP contribution in [0.4, 0.5) is 0 Å². The van der Waals surface area contributed by atoms with Crippen LogP contribution in [0.1, 0.15) is 32.1 Å². The first-order valence-corrected chi connectivity index (χ1v) is 7.79. The van der Waals surface area contributed by atoms with E-state index in [1.165, 1.54) is 0 Å². The van der Waals surface area contributed by atoms with Crippen molar-refractivity contribution in [3.8, 4) is 5.75 Å². The molecule has 0 heterocycles. The summed E-state index contributed by atoms with van der Waals surface area (Å²) < 4.78 is 6.46. The third kappa shape index (κ3) is 4.80. The van der Waals surface area contributed by atoms with Crippen LogP contribution in [0.2, 0.25) is 0 Å². The molecule has 110 valence electrons. The Balaban J connectivity index is 1.67. The number of hydrogen-bond donors (Lipinski definition) is 2. The summed E-state index contributed by atoms with van der Waals surface area (Å²) in [5, 5.41) is 12.4. The molecule has 0 atom stereocenters. The van der Waals surface area contributed by atoms with Gasteiger partial charge in [-0.25, -0.2) is 0 Å². The standard InChI is InChI=1S/C15H20BrNO3/c16-13-3-1-2-4-14(13)20-10-9-15(19)17-11-5-7-12(18)8-6-11/h1-4,11-12,18H,5-10H2,(H,17,19). The van der Waals surface area contributed by atoms with E-state index in [2.05, 4.69) is 21.2 Å². The van der Waals surface area contributed by atoms with E-state index in [1.54, 1.807) is 0 Å². The first-order valence-electron chi connectivity index (χ1n) is 7.00. The van der Waals surface area contributed by atoms with Crippen LogP contribution in [0.3, 0.4) is 0 Å². The van der Waals surface area contributed by atoms with Gasteiger partial charge in [-0.15, -0.1) is 0 Å². The van der Waals surface area contributed by atoms with E-state index >= 15 is 0 Å². The number of amides is 1. The van der Waals surface area contributed by atoms with Gasteiger partial charge in [0.1, 0.15) is 5.75 Å². The minimum atomic E-state index is -0.193. The summed E-state index contributed by atoms with van der Waals surface area (Å²) >= 11 is 3.40. The molecular formula is C15H20BrNO3. The summed E-state index contributed by atoms with van der Waals surface area (Å²) in [5.41, 5.74) is 0. The number of halogens is 1. The topological polar surface area (TPSA) is 58.6 Å². The highest BCUT2D eigenvalue weighted by Crippen LogP contribution is 2.23. The molecule has 1 fully saturated rings. The summed E-state index contributed by atoms with van der Waals surface area (Å²) in [6, 6.07) is 7.79. The second-order valence-electron chi connectivity index (χ2n) is 5.10. The van der Waals surface area contributed by atoms with Gasteiger partial charge in [0.2, 0.25) is 5.91 Å². The zero-order chi connectivity index (χ0) is 14.4. The fourth-order valence-corrected chi connectivity index (χ4v) is 2.73. The molecule has 0 radical (unpaired) electrons. The molecule has 1 aromatic rings. The first kappa shape index (κ1) is 15.3. The van der Waals surface area contributed by atoms with Crippen LogP contribution < -0.4 is 10.1 Å². The van der Waals surface area contributed by atoms with Gasteiger partial charge in [0.15, 0.2) is 0 Å². The van der Waals surface area contributed by atoms with Gasteiger partial charge in [0.05, 0.1) is 23.6 Å². The van der Waals surface area contributed by atoms with Gasteiger partial charge in [-0.1, -0.05) is 12.1 Å². The lowest BCUT2D eigenvalue weighted by Crippen LogP contribution is -2.39. The highest BCUT2D eigenvalue weighted by molar-refractivity contribution is 9.10. The number of carbonyl (C=O) groups is 1. The molecule has 0 spiro atoms. The highest BCUT2D eigenvalue weighted by Gasteiger charge is 2.20. The van der Waals surface area contributed by atoms with Crippen molar-refractivity contribution in [2.75, 3.05) is 6.61 Å². The molecular weight excluding hydrogens is 322 g/mol. The molecule has 0 aliphatic heterocycles. The van der Waals surface area contributed by atoms with Crippen molar-refractivity contribution in [2.24, 2.45) is 0 Å². The quantitative estimate of drug-likeness (QED) is 0.865. The van der Waals surface area contributed by atoms with Gasteiger partial charge in [-0.05, 0) is 53.7 Å². The van der Waals surface area contributed by atoms with E-state index in [0.717, 1.165) is 35.9 Å². The Kier molecular flexibility index (Phi) is 5.86. The number of hydrogen-bond acceptors (Lipinski definition) is 3. The Morgan fingerprint density at radius 2 is 2.00 bits per heavy atom. The van der Waals surface area contributed by atoms with Gasteiger partial charge in [-0.2, -0.15) is 0 Å². The monoisotopic (exact) mass is 341 g/mol. The Morgan fingerprint density at radius 3 is 2.70 bits per heavy atom. The number of rotatable bonds is 5. The summed E-state index contributed by atoms with van der Waals surface area (Å²) in [5.74, 6) is 0.763. The number of para-hydroxylation sites is 1. The molecule has 5 heteroatoms. The van der Waals surface area contributed by atoms with E-state index in [4.69, 9.17) is 4.74 Å². The molecule has 20 heavy (non-hydrogen) atoms. The van der Waals surface area contributed by atoms with E-state index < -0.39 is 0 Å². The van der Waals surface area contributed by atoms with Crippen molar-refractivity contribution in [1.29, 1.82) is 0 Å². The highest BCUT2D eigenvalue weighted by atomic mass is 79.9. The van der Waals surface area contributed by atoms with Crippen molar-refractivity contribution < 1.29 is 14.6 Å². The lowest BCUT2D eigenvalue weighted by molar-refractivity contribution is -0.122. The average Bonchev–Trinajstić information content (AvgIpc) is 2.43. The van der Waals surface area contributed by atoms with Crippen molar-refractivity contribution >= 4 is 21.8 Å². The molecule has 2 N–H and O–H groups in total. The Labute approximate surface area is 127 Å². The molecule has 0 saturated heterocycles. The molecule has 1 aromatic carbocycles. The van der Waals surface area contributed by atoms with E-state index in [9.17, 15) is 9.90 Å². The van der Waals surface area contributed by atoms with Crippen molar-refractivity contribution in [3.63, 3.8) is 0 Å².